The van der Waals surface area contributed by atoms with Crippen LogP contribution in [-0.2, 0) is 0 Å². The van der Waals surface area contributed by atoms with E-state index < -0.39 is 0 Å². The Kier molecular flexibility index (Phi) is 6.62. The van der Waals surface area contributed by atoms with Crippen LogP contribution in [0.15, 0.2) is 46.9 Å². The zero-order chi connectivity index (χ0) is 22.7. The molecular weight excluding hydrogens is 426 g/mol. The molecule has 1 amide bonds. The average Bonchev–Trinajstić information content (AvgIpc) is 3.45. The van der Waals surface area contributed by atoms with E-state index in [-0.39, 0.29) is 11.7 Å². The first-order chi connectivity index (χ1) is 15.6. The third-order valence-corrected chi connectivity index (χ3v) is 6.58. The number of ether oxygens (including phenoxy) is 2. The highest BCUT2D eigenvalue weighted by Gasteiger charge is 2.26. The van der Waals surface area contributed by atoms with Crippen LogP contribution in [0.4, 0.5) is 5.13 Å². The molecule has 0 aliphatic heterocycles. The van der Waals surface area contributed by atoms with E-state index in [1.165, 1.54) is 11.3 Å². The van der Waals surface area contributed by atoms with Crippen molar-refractivity contribution in [2.75, 3.05) is 45.3 Å². The first-order valence-corrected chi connectivity index (χ1v) is 11.5. The Morgan fingerprint density at radius 2 is 1.75 bits per heavy atom. The molecule has 0 fully saturated rings. The summed E-state index contributed by atoms with van der Waals surface area (Å²) in [5.41, 5.74) is 1.31. The monoisotopic (exact) mass is 453 g/mol. The molecule has 0 N–H and O–H groups in total. The Balaban J connectivity index is 1.74. The molecule has 0 spiro atoms. The average molecular weight is 454 g/mol. The van der Waals surface area contributed by atoms with Crippen molar-refractivity contribution in [2.45, 2.75) is 13.8 Å². The van der Waals surface area contributed by atoms with Crippen LogP contribution in [0.3, 0.4) is 0 Å². The molecule has 2 heterocycles. The first-order valence-electron chi connectivity index (χ1n) is 10.6. The van der Waals surface area contributed by atoms with Crippen LogP contribution in [0.1, 0.15) is 24.4 Å². The van der Waals surface area contributed by atoms with E-state index in [9.17, 15) is 4.79 Å². The summed E-state index contributed by atoms with van der Waals surface area (Å²) >= 11 is 1.47. The number of para-hydroxylation sites is 2. The van der Waals surface area contributed by atoms with Gasteiger partial charge in [0.1, 0.15) is 11.3 Å². The van der Waals surface area contributed by atoms with Crippen molar-refractivity contribution < 1.29 is 18.7 Å². The largest absolute Gasteiger partial charge is 0.494 e. The highest BCUT2D eigenvalue weighted by Crippen LogP contribution is 2.35. The lowest BCUT2D eigenvalue weighted by atomic mass is 10.2. The number of aromatic nitrogens is 1. The second kappa shape index (κ2) is 9.58. The highest BCUT2D eigenvalue weighted by atomic mass is 32.1. The van der Waals surface area contributed by atoms with Crippen molar-refractivity contribution in [1.82, 2.24) is 9.88 Å². The summed E-state index contributed by atoms with van der Waals surface area (Å²) in [5.74, 6) is 1.32. The van der Waals surface area contributed by atoms with E-state index in [1.807, 2.05) is 36.4 Å². The van der Waals surface area contributed by atoms with Crippen molar-refractivity contribution in [3.05, 3.63) is 48.2 Å². The van der Waals surface area contributed by atoms with Gasteiger partial charge in [-0.3, -0.25) is 9.69 Å². The maximum Gasteiger partial charge on any atom is 0.295 e. The number of furan rings is 1. The molecule has 4 aromatic rings. The van der Waals surface area contributed by atoms with Gasteiger partial charge in [0.25, 0.3) is 5.91 Å². The number of thiazole rings is 1. The number of fused-ring (bicyclic) bond motifs is 2. The smallest absolute Gasteiger partial charge is 0.295 e. The summed E-state index contributed by atoms with van der Waals surface area (Å²) in [7, 11) is 3.21. The molecular formula is C24H27N3O4S. The zero-order valence-electron chi connectivity index (χ0n) is 18.8. The molecule has 0 bridgehead atoms. The molecule has 0 radical (unpaired) electrons. The Morgan fingerprint density at radius 3 is 2.47 bits per heavy atom. The summed E-state index contributed by atoms with van der Waals surface area (Å²) in [6, 6.07) is 13.1. The highest BCUT2D eigenvalue weighted by molar-refractivity contribution is 7.22. The van der Waals surface area contributed by atoms with E-state index in [2.05, 4.69) is 18.7 Å². The van der Waals surface area contributed by atoms with E-state index in [1.54, 1.807) is 25.2 Å². The number of amides is 1. The van der Waals surface area contributed by atoms with Gasteiger partial charge in [0.05, 0.1) is 18.9 Å². The van der Waals surface area contributed by atoms with Crippen molar-refractivity contribution in [3.8, 4) is 11.5 Å². The Morgan fingerprint density at radius 1 is 1.03 bits per heavy atom. The molecule has 0 aliphatic rings. The topological polar surface area (TPSA) is 68.0 Å². The molecule has 0 saturated carbocycles. The second-order valence-corrected chi connectivity index (χ2v) is 8.29. The summed E-state index contributed by atoms with van der Waals surface area (Å²) in [5, 5.41) is 1.44. The summed E-state index contributed by atoms with van der Waals surface area (Å²) in [4.78, 5) is 22.4. The number of hydrogen-bond acceptors (Lipinski definition) is 7. The number of likely N-dealkylation sites (N-methyl/N-ethyl adjacent to an activating group) is 1. The number of nitrogens with zero attached hydrogens (tertiary/aromatic N) is 3. The van der Waals surface area contributed by atoms with Crippen molar-refractivity contribution in [1.29, 1.82) is 0 Å². The maximum absolute atomic E-state index is 13.6. The molecule has 2 aromatic heterocycles. The Hall–Kier alpha value is -3.10. The molecule has 32 heavy (non-hydrogen) atoms. The number of hydrogen-bond donors (Lipinski definition) is 0. The minimum absolute atomic E-state index is 0.228. The van der Waals surface area contributed by atoms with E-state index >= 15 is 0 Å². The molecule has 168 valence electrons. The van der Waals surface area contributed by atoms with Crippen LogP contribution in [-0.4, -0.2) is 56.2 Å². The summed E-state index contributed by atoms with van der Waals surface area (Å²) in [6.45, 7) is 7.28. The Bertz CT molecular complexity index is 1230. The number of benzene rings is 2. The van der Waals surface area contributed by atoms with Gasteiger partial charge in [0, 0.05) is 18.5 Å². The molecule has 4 rings (SSSR count). The van der Waals surface area contributed by atoms with Crippen LogP contribution in [0.5, 0.6) is 11.5 Å². The SMILES string of the molecule is CCN(CC)CCN(C(=O)c1cc2cccc(OC)c2o1)c1nc2c(OC)cccc2s1. The van der Waals surface area contributed by atoms with Gasteiger partial charge < -0.3 is 18.8 Å². The van der Waals surface area contributed by atoms with Crippen LogP contribution in [0.25, 0.3) is 21.2 Å². The molecule has 8 heteroatoms. The summed E-state index contributed by atoms with van der Waals surface area (Å²) < 4.78 is 17.8. The van der Waals surface area contributed by atoms with Crippen molar-refractivity contribution in [3.63, 3.8) is 0 Å². The fourth-order valence-corrected chi connectivity index (χ4v) is 4.70. The van der Waals surface area contributed by atoms with Gasteiger partial charge in [-0.25, -0.2) is 4.98 Å². The van der Waals surface area contributed by atoms with E-state index in [0.29, 0.717) is 28.8 Å². The third-order valence-electron chi connectivity index (χ3n) is 5.54. The minimum atomic E-state index is -0.228. The van der Waals surface area contributed by atoms with Gasteiger partial charge in [0.15, 0.2) is 22.2 Å². The predicted octanol–water partition coefficient (Wildman–Crippen LogP) is 5.05. The molecule has 0 unspecified atom stereocenters. The van der Waals surface area contributed by atoms with Crippen LogP contribution < -0.4 is 14.4 Å². The zero-order valence-corrected chi connectivity index (χ0v) is 19.6. The summed E-state index contributed by atoms with van der Waals surface area (Å²) in [6.07, 6.45) is 0. The van der Waals surface area contributed by atoms with Crippen molar-refractivity contribution >= 4 is 43.6 Å². The lowest BCUT2D eigenvalue weighted by Gasteiger charge is -2.24. The van der Waals surface area contributed by atoms with Gasteiger partial charge in [-0.05, 0) is 37.4 Å². The van der Waals surface area contributed by atoms with E-state index in [0.717, 1.165) is 35.2 Å². The molecule has 0 atom stereocenters. The number of anilines is 1. The third kappa shape index (κ3) is 4.16. The van der Waals surface area contributed by atoms with E-state index in [4.69, 9.17) is 18.9 Å². The standard InChI is InChI=1S/C24H27N3O4S/c1-5-26(6-2)13-14-27(24-25-21-17(29-3)10-8-12-20(21)32-24)23(28)19-15-16-9-7-11-18(30-4)22(16)31-19/h7-12,15H,5-6,13-14H2,1-4H3. The van der Waals surface area contributed by atoms with Crippen LogP contribution in [0, 0.1) is 0 Å². The number of rotatable bonds is 9. The fraction of sp³-hybridized carbons (Fsp3) is 0.333. The molecule has 7 nitrogen and oxygen atoms in total. The lowest BCUT2D eigenvalue weighted by Crippen LogP contribution is -2.38. The lowest BCUT2D eigenvalue weighted by molar-refractivity contribution is 0.0959. The Labute approximate surface area is 191 Å². The molecule has 2 aromatic carbocycles. The van der Waals surface area contributed by atoms with Crippen molar-refractivity contribution in [2.24, 2.45) is 0 Å². The van der Waals surface area contributed by atoms with Gasteiger partial charge in [0.2, 0.25) is 0 Å². The predicted molar refractivity (Wildman–Crippen MR) is 128 cm³/mol. The van der Waals surface area contributed by atoms with Gasteiger partial charge in [-0.1, -0.05) is 43.4 Å². The number of carbonyl (C=O) groups excluding carboxylic acids is 1. The first kappa shape index (κ1) is 22.1. The quantitative estimate of drug-likeness (QED) is 0.353. The number of methoxy groups -OCH3 is 2. The fourth-order valence-electron chi connectivity index (χ4n) is 3.69. The number of carbonyl (C=O) groups is 1. The van der Waals surface area contributed by atoms with Gasteiger partial charge in [-0.15, -0.1) is 0 Å². The second-order valence-electron chi connectivity index (χ2n) is 7.28. The van der Waals surface area contributed by atoms with Gasteiger partial charge in [-0.2, -0.15) is 0 Å². The van der Waals surface area contributed by atoms with Crippen LogP contribution >= 0.6 is 11.3 Å². The van der Waals surface area contributed by atoms with Gasteiger partial charge >= 0.3 is 0 Å². The van der Waals surface area contributed by atoms with Crippen LogP contribution in [0.2, 0.25) is 0 Å². The minimum Gasteiger partial charge on any atom is -0.494 e. The molecule has 0 saturated heterocycles. The maximum atomic E-state index is 13.6. The normalized spacial score (nSPS) is 11.4. The molecule has 0 aliphatic carbocycles.